The van der Waals surface area contributed by atoms with Gasteiger partial charge >= 0.3 is 0 Å². The van der Waals surface area contributed by atoms with Gasteiger partial charge in [0.2, 0.25) is 0 Å². The molecular weight excluding hydrogens is 328 g/mol. The number of hydrogen-bond donors (Lipinski definition) is 1. The number of carbonyl (C=O) groups is 1. The summed E-state index contributed by atoms with van der Waals surface area (Å²) in [6.07, 6.45) is 6.59. The van der Waals surface area contributed by atoms with Crippen LogP contribution in [0.1, 0.15) is 42.7 Å². The van der Waals surface area contributed by atoms with Crippen molar-refractivity contribution in [1.29, 1.82) is 0 Å². The van der Waals surface area contributed by atoms with Crippen molar-refractivity contribution in [2.24, 2.45) is 0 Å². The first-order valence-corrected chi connectivity index (χ1v) is 9.15. The summed E-state index contributed by atoms with van der Waals surface area (Å²) in [4.78, 5) is 22.9. The van der Waals surface area contributed by atoms with Gasteiger partial charge in [-0.25, -0.2) is 4.98 Å². The highest BCUT2D eigenvalue weighted by molar-refractivity contribution is 6.02. The minimum Gasteiger partial charge on any atom is -0.381 e. The first-order chi connectivity index (χ1) is 12.6. The molecule has 26 heavy (non-hydrogen) atoms. The third kappa shape index (κ3) is 2.94. The quantitative estimate of drug-likeness (QED) is 0.920. The van der Waals surface area contributed by atoms with Gasteiger partial charge in [0.25, 0.3) is 5.91 Å². The Labute approximate surface area is 153 Å². The number of fused-ring (bicyclic) bond motifs is 2. The zero-order chi connectivity index (χ0) is 18.1. The highest BCUT2D eigenvalue weighted by Crippen LogP contribution is 2.48. The first-order valence-electron chi connectivity index (χ1n) is 9.15. The number of ether oxygens (including phenoxy) is 1. The Balaban J connectivity index is 1.66. The summed E-state index contributed by atoms with van der Waals surface area (Å²) in [7, 11) is 0. The molecule has 2 aromatic rings. The fraction of sp³-hybridized carbons (Fsp3) is 0.450. The minimum absolute atomic E-state index is 0.116. The highest BCUT2D eigenvalue weighted by Gasteiger charge is 2.44. The summed E-state index contributed by atoms with van der Waals surface area (Å²) in [6, 6.07) is 6.68. The number of amides is 1. The van der Waals surface area contributed by atoms with Crippen LogP contribution in [0.4, 0.5) is 11.4 Å². The molecule has 3 heterocycles. The number of aromatic nitrogens is 2. The van der Waals surface area contributed by atoms with Crippen molar-refractivity contribution in [3.8, 4) is 0 Å². The number of rotatable bonds is 3. The number of anilines is 2. The van der Waals surface area contributed by atoms with E-state index < -0.39 is 0 Å². The molecule has 136 valence electrons. The molecule has 1 amide bonds. The van der Waals surface area contributed by atoms with Crippen LogP contribution >= 0.6 is 0 Å². The molecule has 2 aliphatic rings. The lowest BCUT2D eigenvalue weighted by molar-refractivity contribution is 0.0551. The van der Waals surface area contributed by atoms with Gasteiger partial charge < -0.3 is 15.0 Å². The molecule has 1 spiro atoms. The average Bonchev–Trinajstić information content (AvgIpc) is 2.97. The van der Waals surface area contributed by atoms with E-state index in [0.717, 1.165) is 38.3 Å². The summed E-state index contributed by atoms with van der Waals surface area (Å²) in [6.45, 7) is 7.06. The molecule has 2 aliphatic heterocycles. The Hall–Kier alpha value is -2.47. The van der Waals surface area contributed by atoms with E-state index in [2.05, 4.69) is 46.2 Å². The summed E-state index contributed by atoms with van der Waals surface area (Å²) < 4.78 is 5.62. The number of benzene rings is 1. The summed E-state index contributed by atoms with van der Waals surface area (Å²) >= 11 is 0. The van der Waals surface area contributed by atoms with E-state index in [1.54, 1.807) is 6.20 Å². The van der Waals surface area contributed by atoms with Crippen LogP contribution in [0, 0.1) is 0 Å². The van der Waals surface area contributed by atoms with Crippen molar-refractivity contribution < 1.29 is 9.53 Å². The van der Waals surface area contributed by atoms with Gasteiger partial charge in [0, 0.05) is 55.0 Å². The Morgan fingerprint density at radius 3 is 2.77 bits per heavy atom. The topological polar surface area (TPSA) is 67.3 Å². The van der Waals surface area contributed by atoms with Crippen LogP contribution in [-0.2, 0) is 10.2 Å². The van der Waals surface area contributed by atoms with Crippen molar-refractivity contribution in [3.05, 3.63) is 48.0 Å². The normalized spacial score (nSPS) is 18.2. The van der Waals surface area contributed by atoms with Gasteiger partial charge in [0.1, 0.15) is 5.69 Å². The van der Waals surface area contributed by atoms with Gasteiger partial charge in [-0.15, -0.1) is 0 Å². The SMILES string of the molecule is CC(C)N1CC2(CCOCC2)c2cc(NC(=O)c3cnccn3)ccc21. The van der Waals surface area contributed by atoms with Gasteiger partial charge in [-0.2, -0.15) is 0 Å². The molecule has 1 saturated heterocycles. The molecule has 1 aromatic heterocycles. The molecule has 6 heteroatoms. The minimum atomic E-state index is -0.238. The summed E-state index contributed by atoms with van der Waals surface area (Å²) in [5, 5.41) is 2.96. The second-order valence-electron chi connectivity index (χ2n) is 7.39. The molecule has 4 rings (SSSR count). The number of hydrogen-bond acceptors (Lipinski definition) is 5. The smallest absolute Gasteiger partial charge is 0.275 e. The zero-order valence-corrected chi connectivity index (χ0v) is 15.2. The van der Waals surface area contributed by atoms with E-state index >= 15 is 0 Å². The third-order valence-electron chi connectivity index (χ3n) is 5.48. The number of carbonyl (C=O) groups excluding carboxylic acids is 1. The van der Waals surface area contributed by atoms with E-state index in [9.17, 15) is 4.79 Å². The van der Waals surface area contributed by atoms with E-state index in [1.165, 1.54) is 23.6 Å². The molecule has 6 nitrogen and oxygen atoms in total. The Morgan fingerprint density at radius 2 is 2.08 bits per heavy atom. The van der Waals surface area contributed by atoms with E-state index in [0.29, 0.717) is 11.7 Å². The molecule has 0 atom stereocenters. The predicted octanol–water partition coefficient (Wildman–Crippen LogP) is 3.01. The highest BCUT2D eigenvalue weighted by atomic mass is 16.5. The largest absolute Gasteiger partial charge is 0.381 e. The fourth-order valence-corrected chi connectivity index (χ4v) is 4.05. The van der Waals surface area contributed by atoms with Crippen LogP contribution in [0.25, 0.3) is 0 Å². The molecule has 1 fully saturated rings. The van der Waals surface area contributed by atoms with Gasteiger partial charge in [0.05, 0.1) is 6.20 Å². The van der Waals surface area contributed by atoms with E-state index in [1.807, 2.05) is 6.07 Å². The third-order valence-corrected chi connectivity index (χ3v) is 5.48. The molecule has 0 unspecified atom stereocenters. The second kappa shape index (κ2) is 6.68. The average molecular weight is 352 g/mol. The monoisotopic (exact) mass is 352 g/mol. The number of nitrogens with one attached hydrogen (secondary N) is 1. The molecule has 0 aliphatic carbocycles. The molecule has 1 N–H and O–H groups in total. The van der Waals surface area contributed by atoms with Crippen LogP contribution in [-0.4, -0.2) is 41.7 Å². The van der Waals surface area contributed by atoms with Crippen LogP contribution < -0.4 is 10.2 Å². The molecule has 1 aromatic carbocycles. The Morgan fingerprint density at radius 1 is 1.27 bits per heavy atom. The van der Waals surface area contributed by atoms with E-state index in [4.69, 9.17) is 4.74 Å². The number of nitrogens with zero attached hydrogens (tertiary/aromatic N) is 3. The first kappa shape index (κ1) is 17.0. The van der Waals surface area contributed by atoms with Crippen molar-refractivity contribution in [1.82, 2.24) is 9.97 Å². The van der Waals surface area contributed by atoms with E-state index in [-0.39, 0.29) is 11.3 Å². The predicted molar refractivity (Wildman–Crippen MR) is 101 cm³/mol. The van der Waals surface area contributed by atoms with Gasteiger partial charge in [0.15, 0.2) is 0 Å². The van der Waals surface area contributed by atoms with Crippen LogP contribution in [0.2, 0.25) is 0 Å². The maximum atomic E-state index is 12.4. The van der Waals surface area contributed by atoms with Crippen molar-refractivity contribution in [3.63, 3.8) is 0 Å². The van der Waals surface area contributed by atoms with Crippen LogP contribution in [0.15, 0.2) is 36.8 Å². The fourth-order valence-electron chi connectivity index (χ4n) is 4.05. The summed E-state index contributed by atoms with van der Waals surface area (Å²) in [5.74, 6) is -0.238. The van der Waals surface area contributed by atoms with Crippen molar-refractivity contribution in [2.45, 2.75) is 38.1 Å². The van der Waals surface area contributed by atoms with Gasteiger partial charge in [-0.3, -0.25) is 9.78 Å². The zero-order valence-electron chi connectivity index (χ0n) is 15.2. The molecular formula is C20H24N4O2. The molecule has 0 saturated carbocycles. The molecule has 0 radical (unpaired) electrons. The molecule has 0 bridgehead atoms. The van der Waals surface area contributed by atoms with Crippen molar-refractivity contribution >= 4 is 17.3 Å². The van der Waals surface area contributed by atoms with Gasteiger partial charge in [-0.05, 0) is 50.5 Å². The second-order valence-corrected chi connectivity index (χ2v) is 7.39. The van der Waals surface area contributed by atoms with Gasteiger partial charge in [-0.1, -0.05) is 0 Å². The van der Waals surface area contributed by atoms with Crippen LogP contribution in [0.5, 0.6) is 0 Å². The Kier molecular flexibility index (Phi) is 4.36. The lowest BCUT2D eigenvalue weighted by atomic mass is 9.76. The van der Waals surface area contributed by atoms with Crippen molar-refractivity contribution in [2.75, 3.05) is 30.0 Å². The lowest BCUT2D eigenvalue weighted by Crippen LogP contribution is -2.40. The van der Waals surface area contributed by atoms with Crippen LogP contribution in [0.3, 0.4) is 0 Å². The lowest BCUT2D eigenvalue weighted by Gasteiger charge is -2.35. The maximum Gasteiger partial charge on any atom is 0.275 e. The Bertz CT molecular complexity index is 801. The standard InChI is InChI=1S/C20H24N4O2/c1-14(2)24-13-20(5-9-26-10-6-20)16-11-15(3-4-18(16)24)23-19(25)17-12-21-7-8-22-17/h3-4,7-8,11-12,14H,5-6,9-10,13H2,1-2H3,(H,23,25). The maximum absolute atomic E-state index is 12.4. The summed E-state index contributed by atoms with van der Waals surface area (Å²) in [5.41, 5.74) is 3.84.